The zero-order chi connectivity index (χ0) is 18.1. The lowest BCUT2D eigenvalue weighted by Crippen LogP contribution is -2.49. The standard InChI is InChI=1S/C20H22N4O2/c1-14-12-23(9-8-21-14)16-6-7-19-22-18(11-20(25)24(19)13-16)15-4-3-5-17(10-15)26-2/h3-7,10-11,13-14,21H,8-9,12H2,1-2H3/t14-/m1/s1. The van der Waals surface area contributed by atoms with Crippen molar-refractivity contribution in [3.8, 4) is 17.0 Å². The Balaban J connectivity index is 1.74. The van der Waals surface area contributed by atoms with E-state index in [-0.39, 0.29) is 5.56 Å². The van der Waals surface area contributed by atoms with E-state index < -0.39 is 0 Å². The average Bonchev–Trinajstić information content (AvgIpc) is 2.67. The number of hydrogen-bond acceptors (Lipinski definition) is 5. The molecule has 0 bridgehead atoms. The molecule has 1 saturated heterocycles. The molecule has 0 saturated carbocycles. The number of rotatable bonds is 3. The van der Waals surface area contributed by atoms with Gasteiger partial charge in [-0.1, -0.05) is 12.1 Å². The molecule has 3 aromatic rings. The Hall–Kier alpha value is -2.86. The summed E-state index contributed by atoms with van der Waals surface area (Å²) in [6, 6.07) is 13.5. The monoisotopic (exact) mass is 350 g/mol. The first-order chi connectivity index (χ1) is 12.6. The Labute approximate surface area is 152 Å². The molecule has 1 aromatic carbocycles. The minimum atomic E-state index is -0.0853. The van der Waals surface area contributed by atoms with Crippen molar-refractivity contribution in [1.29, 1.82) is 0 Å². The first-order valence-electron chi connectivity index (χ1n) is 8.80. The van der Waals surface area contributed by atoms with Gasteiger partial charge in [0.15, 0.2) is 0 Å². The lowest BCUT2D eigenvalue weighted by molar-refractivity contribution is 0.415. The largest absolute Gasteiger partial charge is 0.497 e. The van der Waals surface area contributed by atoms with E-state index in [2.05, 4.69) is 22.1 Å². The third-order valence-corrected chi connectivity index (χ3v) is 4.74. The summed E-state index contributed by atoms with van der Waals surface area (Å²) in [5.74, 6) is 0.743. The fourth-order valence-electron chi connectivity index (χ4n) is 3.38. The number of ether oxygens (including phenoxy) is 1. The van der Waals surface area contributed by atoms with Crippen molar-refractivity contribution in [2.24, 2.45) is 0 Å². The van der Waals surface area contributed by atoms with Crippen molar-refractivity contribution in [3.05, 3.63) is 59.0 Å². The summed E-state index contributed by atoms with van der Waals surface area (Å²) in [5, 5.41) is 3.43. The number of anilines is 1. The lowest BCUT2D eigenvalue weighted by atomic mass is 10.1. The SMILES string of the molecule is COc1cccc(-c2cc(=O)n3cc(N4CCN[C@H](C)C4)ccc3n2)c1. The van der Waals surface area contributed by atoms with Crippen LogP contribution in [0.2, 0.25) is 0 Å². The van der Waals surface area contributed by atoms with Gasteiger partial charge in [-0.15, -0.1) is 0 Å². The molecular weight excluding hydrogens is 328 g/mol. The minimum Gasteiger partial charge on any atom is -0.497 e. The molecule has 0 amide bonds. The van der Waals surface area contributed by atoms with Gasteiger partial charge in [0.2, 0.25) is 0 Å². The van der Waals surface area contributed by atoms with Gasteiger partial charge in [-0.05, 0) is 31.2 Å². The number of benzene rings is 1. The molecule has 3 heterocycles. The van der Waals surface area contributed by atoms with E-state index in [9.17, 15) is 4.79 Å². The summed E-state index contributed by atoms with van der Waals surface area (Å²) in [4.78, 5) is 19.6. The molecule has 134 valence electrons. The highest BCUT2D eigenvalue weighted by Gasteiger charge is 2.16. The summed E-state index contributed by atoms with van der Waals surface area (Å²) < 4.78 is 6.88. The van der Waals surface area contributed by atoms with Gasteiger partial charge >= 0.3 is 0 Å². The summed E-state index contributed by atoms with van der Waals surface area (Å²) in [7, 11) is 1.63. The zero-order valence-corrected chi connectivity index (χ0v) is 15.0. The van der Waals surface area contributed by atoms with Gasteiger partial charge in [0, 0.05) is 43.5 Å². The normalized spacial score (nSPS) is 17.5. The molecule has 4 rings (SSSR count). The topological polar surface area (TPSA) is 58.9 Å². The maximum absolute atomic E-state index is 12.7. The van der Waals surface area contributed by atoms with E-state index in [0.717, 1.165) is 36.6 Å². The third kappa shape index (κ3) is 3.15. The van der Waals surface area contributed by atoms with Gasteiger partial charge < -0.3 is 15.0 Å². The molecule has 6 heteroatoms. The average molecular weight is 350 g/mol. The van der Waals surface area contributed by atoms with Crippen LogP contribution in [0.3, 0.4) is 0 Å². The van der Waals surface area contributed by atoms with Crippen molar-refractivity contribution in [2.75, 3.05) is 31.6 Å². The van der Waals surface area contributed by atoms with Crippen LogP contribution in [0.1, 0.15) is 6.92 Å². The third-order valence-electron chi connectivity index (χ3n) is 4.74. The van der Waals surface area contributed by atoms with Gasteiger partial charge in [0.05, 0.1) is 18.5 Å². The predicted molar refractivity (Wildman–Crippen MR) is 103 cm³/mol. The molecule has 6 nitrogen and oxygen atoms in total. The summed E-state index contributed by atoms with van der Waals surface area (Å²) in [6.45, 7) is 4.97. The Morgan fingerprint density at radius 2 is 2.12 bits per heavy atom. The second-order valence-electron chi connectivity index (χ2n) is 6.63. The van der Waals surface area contributed by atoms with Crippen LogP contribution in [0.5, 0.6) is 5.75 Å². The number of piperazine rings is 1. The van der Waals surface area contributed by atoms with E-state index >= 15 is 0 Å². The Bertz CT molecular complexity index is 999. The van der Waals surface area contributed by atoms with Crippen molar-refractivity contribution in [2.45, 2.75) is 13.0 Å². The van der Waals surface area contributed by atoms with Crippen LogP contribution in [0.15, 0.2) is 53.5 Å². The summed E-state index contributed by atoms with van der Waals surface area (Å²) in [6.07, 6.45) is 1.89. The van der Waals surface area contributed by atoms with E-state index in [1.54, 1.807) is 17.6 Å². The quantitative estimate of drug-likeness (QED) is 0.784. The molecule has 0 spiro atoms. The first-order valence-corrected chi connectivity index (χ1v) is 8.80. The maximum atomic E-state index is 12.7. The second-order valence-corrected chi connectivity index (χ2v) is 6.63. The van der Waals surface area contributed by atoms with Gasteiger partial charge in [0.1, 0.15) is 11.4 Å². The summed E-state index contributed by atoms with van der Waals surface area (Å²) in [5.41, 5.74) is 3.12. The van der Waals surface area contributed by atoms with Gasteiger partial charge in [-0.25, -0.2) is 4.98 Å². The highest BCUT2D eigenvalue weighted by molar-refractivity contribution is 5.64. The summed E-state index contributed by atoms with van der Waals surface area (Å²) >= 11 is 0. The molecule has 1 aliphatic rings. The van der Waals surface area contributed by atoms with Gasteiger partial charge in [-0.2, -0.15) is 0 Å². The smallest absolute Gasteiger partial charge is 0.258 e. The molecule has 0 aliphatic carbocycles. The lowest BCUT2D eigenvalue weighted by Gasteiger charge is -2.33. The molecule has 1 aliphatic heterocycles. The van der Waals surface area contributed by atoms with E-state index in [1.165, 1.54) is 0 Å². The van der Waals surface area contributed by atoms with E-state index in [1.807, 2.05) is 42.6 Å². The Kier molecular flexibility index (Phi) is 4.34. The number of fused-ring (bicyclic) bond motifs is 1. The Morgan fingerprint density at radius 3 is 2.92 bits per heavy atom. The van der Waals surface area contributed by atoms with E-state index in [4.69, 9.17) is 4.74 Å². The number of aromatic nitrogens is 2. The second kappa shape index (κ2) is 6.80. The predicted octanol–water partition coefficient (Wildman–Crippen LogP) is 2.17. The van der Waals surface area contributed by atoms with Crippen LogP contribution in [-0.4, -0.2) is 42.2 Å². The Morgan fingerprint density at radius 1 is 1.23 bits per heavy atom. The number of nitrogens with one attached hydrogen (secondary N) is 1. The molecule has 2 aromatic heterocycles. The van der Waals surface area contributed by atoms with Crippen molar-refractivity contribution in [1.82, 2.24) is 14.7 Å². The van der Waals surface area contributed by atoms with Crippen LogP contribution >= 0.6 is 0 Å². The maximum Gasteiger partial charge on any atom is 0.258 e. The van der Waals surface area contributed by atoms with Crippen LogP contribution in [0.4, 0.5) is 5.69 Å². The van der Waals surface area contributed by atoms with Gasteiger partial charge in [0.25, 0.3) is 5.56 Å². The van der Waals surface area contributed by atoms with E-state index in [0.29, 0.717) is 17.4 Å². The molecule has 26 heavy (non-hydrogen) atoms. The molecule has 1 N–H and O–H groups in total. The molecule has 1 fully saturated rings. The van der Waals surface area contributed by atoms with Crippen molar-refractivity contribution < 1.29 is 4.74 Å². The highest BCUT2D eigenvalue weighted by atomic mass is 16.5. The molecular formula is C20H22N4O2. The number of pyridine rings is 1. The van der Waals surface area contributed by atoms with Crippen LogP contribution in [0, 0.1) is 0 Å². The minimum absolute atomic E-state index is 0.0853. The number of methoxy groups -OCH3 is 1. The van der Waals surface area contributed by atoms with Gasteiger partial charge in [-0.3, -0.25) is 9.20 Å². The zero-order valence-electron chi connectivity index (χ0n) is 15.0. The molecule has 0 unspecified atom stereocenters. The molecule has 1 atom stereocenters. The molecule has 0 radical (unpaired) electrons. The first kappa shape index (κ1) is 16.6. The highest BCUT2D eigenvalue weighted by Crippen LogP contribution is 2.22. The van der Waals surface area contributed by atoms with Crippen molar-refractivity contribution >= 4 is 11.3 Å². The number of hydrogen-bond donors (Lipinski definition) is 1. The fourth-order valence-corrected chi connectivity index (χ4v) is 3.38. The van der Waals surface area contributed by atoms with Crippen LogP contribution in [-0.2, 0) is 0 Å². The number of nitrogens with zero attached hydrogens (tertiary/aromatic N) is 3. The van der Waals surface area contributed by atoms with Crippen LogP contribution < -0.4 is 20.5 Å². The van der Waals surface area contributed by atoms with Crippen LogP contribution in [0.25, 0.3) is 16.9 Å². The van der Waals surface area contributed by atoms with Crippen molar-refractivity contribution in [3.63, 3.8) is 0 Å². The fraction of sp³-hybridized carbons (Fsp3) is 0.300.